The van der Waals surface area contributed by atoms with E-state index in [-0.39, 0.29) is 62.0 Å². The van der Waals surface area contributed by atoms with E-state index in [1.54, 1.807) is 36.4 Å². The van der Waals surface area contributed by atoms with Gasteiger partial charge in [0.1, 0.15) is 18.0 Å². The molecule has 1 aliphatic heterocycles. The van der Waals surface area contributed by atoms with Crippen molar-refractivity contribution in [2.24, 2.45) is 0 Å². The topological polar surface area (TPSA) is 89.3 Å². The molecule has 2 heterocycles. The Morgan fingerprint density at radius 2 is 1.83 bits per heavy atom. The molecule has 0 spiro atoms. The zero-order chi connectivity index (χ0) is 25.5. The van der Waals surface area contributed by atoms with E-state index in [4.69, 9.17) is 13.9 Å². The molecule has 8 nitrogen and oxygen atoms in total. The lowest BCUT2D eigenvalue weighted by molar-refractivity contribution is -0.144. The lowest BCUT2D eigenvalue weighted by Crippen LogP contribution is -2.46. The van der Waals surface area contributed by atoms with Crippen LogP contribution >= 0.6 is 0 Å². The smallest absolute Gasteiger partial charge is 0.249 e. The van der Waals surface area contributed by atoms with Crippen LogP contribution in [-0.2, 0) is 32.2 Å². The summed E-state index contributed by atoms with van der Waals surface area (Å²) in [4.78, 5) is 42.2. The van der Waals surface area contributed by atoms with Gasteiger partial charge in [-0.2, -0.15) is 0 Å². The van der Waals surface area contributed by atoms with E-state index in [1.807, 2.05) is 0 Å². The first-order valence-electron chi connectivity index (χ1n) is 11.8. The Balaban J connectivity index is 1.59. The molecule has 0 N–H and O–H groups in total. The van der Waals surface area contributed by atoms with E-state index in [2.05, 4.69) is 0 Å². The third kappa shape index (κ3) is 6.35. The number of methoxy groups -OCH3 is 1. The van der Waals surface area contributed by atoms with E-state index in [0.717, 1.165) is 12.8 Å². The van der Waals surface area contributed by atoms with Gasteiger partial charge in [-0.3, -0.25) is 14.4 Å². The van der Waals surface area contributed by atoms with Gasteiger partial charge < -0.3 is 23.7 Å². The fraction of sp³-hybridized carbons (Fsp3) is 0.370. The molecule has 36 heavy (non-hydrogen) atoms. The van der Waals surface area contributed by atoms with Crippen LogP contribution in [0, 0.1) is 5.82 Å². The highest BCUT2D eigenvalue weighted by Gasteiger charge is 2.27. The molecule has 1 atom stereocenters. The highest BCUT2D eigenvalue weighted by atomic mass is 19.1. The number of rotatable bonds is 10. The summed E-state index contributed by atoms with van der Waals surface area (Å²) >= 11 is 0. The maximum Gasteiger partial charge on any atom is 0.249 e. The molecule has 1 aliphatic rings. The zero-order valence-electron chi connectivity index (χ0n) is 20.2. The van der Waals surface area contributed by atoms with Crippen molar-refractivity contribution in [3.63, 3.8) is 0 Å². The third-order valence-corrected chi connectivity index (χ3v) is 6.15. The molecule has 1 unspecified atom stereocenters. The first-order chi connectivity index (χ1) is 17.4. The molecule has 0 bridgehead atoms. The molecule has 1 saturated heterocycles. The molecular weight excluding hydrogens is 467 g/mol. The first kappa shape index (κ1) is 25.5. The summed E-state index contributed by atoms with van der Waals surface area (Å²) in [5.74, 6) is -1.08. The van der Waals surface area contributed by atoms with Crippen molar-refractivity contribution < 1.29 is 27.9 Å². The average molecular weight is 497 g/mol. The van der Waals surface area contributed by atoms with E-state index in [9.17, 15) is 18.8 Å². The van der Waals surface area contributed by atoms with Crippen LogP contribution < -0.4 is 5.43 Å². The van der Waals surface area contributed by atoms with Crippen LogP contribution in [0.15, 0.2) is 64.0 Å². The minimum atomic E-state index is -0.389. The lowest BCUT2D eigenvalue weighted by atomic mass is 10.1. The fourth-order valence-electron chi connectivity index (χ4n) is 4.24. The van der Waals surface area contributed by atoms with Crippen LogP contribution in [0.3, 0.4) is 0 Å². The van der Waals surface area contributed by atoms with Gasteiger partial charge in [0.2, 0.25) is 11.8 Å². The van der Waals surface area contributed by atoms with Gasteiger partial charge >= 0.3 is 0 Å². The Morgan fingerprint density at radius 1 is 1.06 bits per heavy atom. The number of benzene rings is 2. The second-order valence-corrected chi connectivity index (χ2v) is 8.80. The van der Waals surface area contributed by atoms with Crippen LogP contribution in [0.1, 0.15) is 24.0 Å². The number of amides is 2. The number of halogens is 1. The predicted octanol–water partition coefficient (Wildman–Crippen LogP) is 3.11. The standard InChI is InChI=1S/C27H29FN2O6/c1-34-18-26(32)30(15-22-5-4-12-35-22)16-25(31)29(13-19-8-10-21(28)11-9-19)14-20-17-36-24-7-3-2-6-23(24)27(20)33/h2-3,6-11,17,22H,4-5,12-16,18H2,1H3. The van der Waals surface area contributed by atoms with Crippen LogP contribution in [0.25, 0.3) is 11.0 Å². The minimum Gasteiger partial charge on any atom is -0.464 e. The van der Waals surface area contributed by atoms with Gasteiger partial charge in [-0.1, -0.05) is 24.3 Å². The Labute approximate surface area is 208 Å². The maximum atomic E-state index is 13.5. The molecule has 9 heteroatoms. The molecule has 0 aliphatic carbocycles. The van der Waals surface area contributed by atoms with E-state index >= 15 is 0 Å². The molecule has 2 amide bonds. The SMILES string of the molecule is COCC(=O)N(CC(=O)N(Cc1ccc(F)cc1)Cc1coc2ccccc2c1=O)CC1CCCO1. The monoisotopic (exact) mass is 496 g/mol. The van der Waals surface area contributed by atoms with Gasteiger partial charge in [-0.05, 0) is 42.7 Å². The third-order valence-electron chi connectivity index (χ3n) is 6.15. The normalized spacial score (nSPS) is 15.2. The van der Waals surface area contributed by atoms with Gasteiger partial charge in [0.05, 0.1) is 36.4 Å². The molecule has 0 saturated carbocycles. The molecule has 2 aromatic carbocycles. The first-order valence-corrected chi connectivity index (χ1v) is 11.8. The predicted molar refractivity (Wildman–Crippen MR) is 131 cm³/mol. The highest BCUT2D eigenvalue weighted by molar-refractivity contribution is 5.85. The second kappa shape index (κ2) is 11.9. The maximum absolute atomic E-state index is 13.5. The largest absolute Gasteiger partial charge is 0.464 e. The van der Waals surface area contributed by atoms with Crippen LogP contribution in [0.2, 0.25) is 0 Å². The molecular formula is C27H29FN2O6. The Hall–Kier alpha value is -3.56. The number of nitrogens with zero attached hydrogens (tertiary/aromatic N) is 2. The summed E-state index contributed by atoms with van der Waals surface area (Å²) in [6.45, 7) is 0.622. The summed E-state index contributed by atoms with van der Waals surface area (Å²) in [5, 5.41) is 0.416. The van der Waals surface area contributed by atoms with Crippen molar-refractivity contribution in [2.75, 3.05) is 33.4 Å². The van der Waals surface area contributed by atoms with E-state index < -0.39 is 0 Å². The van der Waals surface area contributed by atoms with Crippen molar-refractivity contribution in [2.45, 2.75) is 32.0 Å². The number of hydrogen-bond donors (Lipinski definition) is 0. The summed E-state index contributed by atoms with van der Waals surface area (Å²) in [5.41, 5.74) is 1.21. The summed E-state index contributed by atoms with van der Waals surface area (Å²) in [6, 6.07) is 12.7. The molecule has 1 aromatic heterocycles. The summed E-state index contributed by atoms with van der Waals surface area (Å²) in [6.07, 6.45) is 2.93. The lowest BCUT2D eigenvalue weighted by Gasteiger charge is -2.29. The number of carbonyl (C=O) groups excluding carboxylic acids is 2. The van der Waals surface area contributed by atoms with Gasteiger partial charge in [0.15, 0.2) is 5.43 Å². The molecule has 0 radical (unpaired) electrons. The Bertz CT molecular complexity index is 1250. The molecule has 4 rings (SSSR count). The van der Waals surface area contributed by atoms with Crippen molar-refractivity contribution >= 4 is 22.8 Å². The van der Waals surface area contributed by atoms with Crippen LogP contribution in [0.4, 0.5) is 4.39 Å². The van der Waals surface area contributed by atoms with Gasteiger partial charge in [0, 0.05) is 26.8 Å². The Kier molecular flexibility index (Phi) is 8.45. The fourth-order valence-corrected chi connectivity index (χ4v) is 4.24. The number of carbonyl (C=O) groups is 2. The van der Waals surface area contributed by atoms with Crippen molar-refractivity contribution in [3.8, 4) is 0 Å². The number of para-hydroxylation sites is 1. The summed E-state index contributed by atoms with van der Waals surface area (Å²) in [7, 11) is 1.42. The Morgan fingerprint density at radius 3 is 2.56 bits per heavy atom. The van der Waals surface area contributed by atoms with E-state index in [1.165, 1.54) is 35.3 Å². The van der Waals surface area contributed by atoms with Crippen LogP contribution in [-0.4, -0.2) is 61.1 Å². The van der Waals surface area contributed by atoms with E-state index in [0.29, 0.717) is 28.7 Å². The number of fused-ring (bicyclic) bond motifs is 1. The second-order valence-electron chi connectivity index (χ2n) is 8.80. The van der Waals surface area contributed by atoms with Gasteiger partial charge in [-0.25, -0.2) is 4.39 Å². The van der Waals surface area contributed by atoms with Crippen molar-refractivity contribution in [3.05, 3.63) is 82.0 Å². The van der Waals surface area contributed by atoms with Gasteiger partial charge in [0.25, 0.3) is 0 Å². The highest BCUT2D eigenvalue weighted by Crippen LogP contribution is 2.17. The average Bonchev–Trinajstić information content (AvgIpc) is 3.39. The summed E-state index contributed by atoms with van der Waals surface area (Å²) < 4.78 is 29.7. The quantitative estimate of drug-likeness (QED) is 0.429. The van der Waals surface area contributed by atoms with Crippen molar-refractivity contribution in [1.82, 2.24) is 9.80 Å². The van der Waals surface area contributed by atoms with Gasteiger partial charge in [-0.15, -0.1) is 0 Å². The number of ether oxygens (including phenoxy) is 2. The van der Waals surface area contributed by atoms with Crippen LogP contribution in [0.5, 0.6) is 0 Å². The molecule has 1 fully saturated rings. The number of hydrogen-bond acceptors (Lipinski definition) is 6. The molecule has 190 valence electrons. The van der Waals surface area contributed by atoms with Crippen molar-refractivity contribution in [1.29, 1.82) is 0 Å². The zero-order valence-corrected chi connectivity index (χ0v) is 20.2. The minimum absolute atomic E-state index is 0.0321. The molecule has 3 aromatic rings.